The summed E-state index contributed by atoms with van der Waals surface area (Å²) < 4.78 is 5.81. The van der Waals surface area contributed by atoms with Crippen molar-refractivity contribution in [3.05, 3.63) is 77.4 Å². The lowest BCUT2D eigenvalue weighted by Crippen LogP contribution is -2.44. The highest BCUT2D eigenvalue weighted by atomic mass is 16.6. The molecular weight excluding hydrogens is 452 g/mol. The van der Waals surface area contributed by atoms with Gasteiger partial charge in [-0.1, -0.05) is 54.6 Å². The number of hydrogen-bond acceptors (Lipinski definition) is 4. The SMILES string of the molecule is CC(C)(C)OC(=O)N(CC1CCN(Cc2ccc(/C=C/C(=O)O)cc2)CC1)[C@@H]1C[C@H]1c1ccccc1. The molecule has 6 heteroatoms. The fourth-order valence-corrected chi connectivity index (χ4v) is 5.02. The average Bonchev–Trinajstić information content (AvgIpc) is 3.63. The number of aliphatic carboxylic acids is 1. The molecule has 1 heterocycles. The van der Waals surface area contributed by atoms with E-state index in [1.807, 2.05) is 43.9 Å². The molecule has 2 aromatic rings. The zero-order valence-electron chi connectivity index (χ0n) is 21.6. The van der Waals surface area contributed by atoms with Crippen molar-refractivity contribution in [3.63, 3.8) is 0 Å². The fourth-order valence-electron chi connectivity index (χ4n) is 5.02. The van der Waals surface area contributed by atoms with Crippen molar-refractivity contribution >= 4 is 18.1 Å². The molecule has 0 aromatic heterocycles. The van der Waals surface area contributed by atoms with Crippen molar-refractivity contribution in [1.29, 1.82) is 0 Å². The summed E-state index contributed by atoms with van der Waals surface area (Å²) in [7, 11) is 0. The van der Waals surface area contributed by atoms with Crippen molar-refractivity contribution < 1.29 is 19.4 Å². The number of nitrogens with zero attached hydrogens (tertiary/aromatic N) is 2. The van der Waals surface area contributed by atoms with Crippen LogP contribution < -0.4 is 0 Å². The molecule has 1 N–H and O–H groups in total. The van der Waals surface area contributed by atoms with Gasteiger partial charge in [-0.3, -0.25) is 4.90 Å². The van der Waals surface area contributed by atoms with E-state index in [0.717, 1.165) is 57.1 Å². The molecule has 1 amide bonds. The van der Waals surface area contributed by atoms with E-state index in [4.69, 9.17) is 9.84 Å². The molecule has 2 aliphatic rings. The number of benzene rings is 2. The van der Waals surface area contributed by atoms with Crippen LogP contribution in [0.25, 0.3) is 6.08 Å². The standard InChI is InChI=1S/C30H38N2O4/c1-30(2,3)36-29(35)32(27-19-26(27)25-7-5-4-6-8-25)21-24-15-17-31(18-16-24)20-23-11-9-22(10-12-23)13-14-28(33)34/h4-14,24,26-27H,15-21H2,1-3H3,(H,33,34)/b14-13+/t26-,27+/m0/s1. The second-order valence-electron chi connectivity index (χ2n) is 11.1. The van der Waals surface area contributed by atoms with E-state index >= 15 is 0 Å². The van der Waals surface area contributed by atoms with E-state index in [-0.39, 0.29) is 12.1 Å². The van der Waals surface area contributed by atoms with E-state index in [1.165, 1.54) is 11.1 Å². The Labute approximate surface area is 214 Å². The molecule has 36 heavy (non-hydrogen) atoms. The summed E-state index contributed by atoms with van der Waals surface area (Å²) in [6.45, 7) is 9.42. The molecular formula is C30H38N2O4. The van der Waals surface area contributed by atoms with Crippen molar-refractivity contribution in [2.24, 2.45) is 5.92 Å². The fraction of sp³-hybridized carbons (Fsp3) is 0.467. The molecule has 1 aliphatic carbocycles. The minimum Gasteiger partial charge on any atom is -0.478 e. The van der Waals surface area contributed by atoms with Crippen molar-refractivity contribution in [1.82, 2.24) is 9.80 Å². The first-order valence-corrected chi connectivity index (χ1v) is 12.9. The van der Waals surface area contributed by atoms with Crippen LogP contribution in [-0.4, -0.2) is 58.2 Å². The summed E-state index contributed by atoms with van der Waals surface area (Å²) in [6.07, 6.45) is 5.69. The molecule has 4 rings (SSSR count). The van der Waals surface area contributed by atoms with E-state index in [0.29, 0.717) is 11.8 Å². The lowest BCUT2D eigenvalue weighted by atomic mass is 9.95. The Hall–Kier alpha value is -3.12. The molecule has 192 valence electrons. The Morgan fingerprint density at radius 2 is 1.72 bits per heavy atom. The second kappa shape index (κ2) is 11.3. The number of carboxylic acids is 1. The smallest absolute Gasteiger partial charge is 0.410 e. The highest BCUT2D eigenvalue weighted by Crippen LogP contribution is 2.45. The molecule has 1 saturated carbocycles. The number of ether oxygens (including phenoxy) is 1. The minimum atomic E-state index is -0.940. The maximum Gasteiger partial charge on any atom is 0.410 e. The summed E-state index contributed by atoms with van der Waals surface area (Å²) in [6, 6.07) is 18.7. The zero-order chi connectivity index (χ0) is 25.7. The first kappa shape index (κ1) is 26.0. The number of rotatable bonds is 8. The first-order chi connectivity index (χ1) is 17.2. The van der Waals surface area contributed by atoms with Gasteiger partial charge in [0.15, 0.2) is 0 Å². The molecule has 1 aliphatic heterocycles. The van der Waals surface area contributed by atoms with Crippen LogP contribution in [0.15, 0.2) is 60.7 Å². The number of hydrogen-bond donors (Lipinski definition) is 1. The Balaban J connectivity index is 1.31. The van der Waals surface area contributed by atoms with Gasteiger partial charge < -0.3 is 14.7 Å². The van der Waals surface area contributed by atoms with Gasteiger partial charge in [-0.15, -0.1) is 0 Å². The van der Waals surface area contributed by atoms with Gasteiger partial charge in [-0.25, -0.2) is 9.59 Å². The number of carboxylic acid groups (broad SMARTS) is 1. The molecule has 0 bridgehead atoms. The monoisotopic (exact) mass is 490 g/mol. The van der Waals surface area contributed by atoms with Crippen LogP contribution in [0.3, 0.4) is 0 Å². The summed E-state index contributed by atoms with van der Waals surface area (Å²) in [5.74, 6) is -0.0779. The molecule has 2 atom stereocenters. The maximum atomic E-state index is 13.2. The molecule has 0 radical (unpaired) electrons. The van der Waals surface area contributed by atoms with Crippen molar-refractivity contribution in [2.75, 3.05) is 19.6 Å². The summed E-state index contributed by atoms with van der Waals surface area (Å²) >= 11 is 0. The van der Waals surface area contributed by atoms with Crippen LogP contribution in [-0.2, 0) is 16.1 Å². The largest absolute Gasteiger partial charge is 0.478 e. The second-order valence-corrected chi connectivity index (χ2v) is 11.1. The summed E-state index contributed by atoms with van der Waals surface area (Å²) in [5.41, 5.74) is 2.90. The maximum absolute atomic E-state index is 13.2. The number of carbonyl (C=O) groups is 2. The zero-order valence-corrected chi connectivity index (χ0v) is 21.6. The Morgan fingerprint density at radius 1 is 1.06 bits per heavy atom. The molecule has 2 aromatic carbocycles. The number of piperidine rings is 1. The highest BCUT2D eigenvalue weighted by Gasteiger charge is 2.46. The van der Waals surface area contributed by atoms with Crippen molar-refractivity contribution in [3.8, 4) is 0 Å². The minimum absolute atomic E-state index is 0.189. The lowest BCUT2D eigenvalue weighted by Gasteiger charge is -2.36. The third-order valence-electron chi connectivity index (χ3n) is 6.98. The van der Waals surface area contributed by atoms with E-state index < -0.39 is 11.6 Å². The van der Waals surface area contributed by atoms with Gasteiger partial charge in [0.1, 0.15) is 5.60 Å². The number of amides is 1. The predicted octanol–water partition coefficient (Wildman–Crippen LogP) is 5.79. The van der Waals surface area contributed by atoms with Crippen molar-refractivity contribution in [2.45, 2.75) is 64.1 Å². The van der Waals surface area contributed by atoms with Crippen LogP contribution >= 0.6 is 0 Å². The molecule has 0 unspecified atom stereocenters. The molecule has 6 nitrogen and oxygen atoms in total. The van der Waals surface area contributed by atoms with Gasteiger partial charge in [0.25, 0.3) is 0 Å². The Bertz CT molecular complexity index is 1050. The average molecular weight is 491 g/mol. The van der Waals surface area contributed by atoms with Gasteiger partial charge in [0.2, 0.25) is 0 Å². The van der Waals surface area contributed by atoms with Crippen LogP contribution in [0.2, 0.25) is 0 Å². The molecule has 2 fully saturated rings. The normalized spacial score (nSPS) is 20.9. The third-order valence-corrected chi connectivity index (χ3v) is 6.98. The van der Waals surface area contributed by atoms with E-state index in [1.54, 1.807) is 6.08 Å². The van der Waals surface area contributed by atoms with Crippen LogP contribution in [0.1, 0.15) is 62.6 Å². The van der Waals surface area contributed by atoms with Crippen LogP contribution in [0.5, 0.6) is 0 Å². The number of carbonyl (C=O) groups excluding carboxylic acids is 1. The Kier molecular flexibility index (Phi) is 8.14. The van der Waals surface area contributed by atoms with Gasteiger partial charge >= 0.3 is 12.1 Å². The first-order valence-electron chi connectivity index (χ1n) is 12.9. The van der Waals surface area contributed by atoms with Crippen LogP contribution in [0, 0.1) is 5.92 Å². The van der Waals surface area contributed by atoms with Gasteiger partial charge in [-0.2, -0.15) is 0 Å². The van der Waals surface area contributed by atoms with Crippen LogP contribution in [0.4, 0.5) is 4.79 Å². The molecule has 1 saturated heterocycles. The quantitative estimate of drug-likeness (QED) is 0.474. The summed E-state index contributed by atoms with van der Waals surface area (Å²) in [5, 5.41) is 8.78. The van der Waals surface area contributed by atoms with E-state index in [9.17, 15) is 9.59 Å². The third kappa shape index (κ3) is 7.44. The number of likely N-dealkylation sites (tertiary alicyclic amines) is 1. The van der Waals surface area contributed by atoms with E-state index in [2.05, 4.69) is 41.3 Å². The van der Waals surface area contributed by atoms with Gasteiger partial charge in [0, 0.05) is 31.1 Å². The van der Waals surface area contributed by atoms with Gasteiger partial charge in [-0.05, 0) is 81.8 Å². The highest BCUT2D eigenvalue weighted by molar-refractivity contribution is 5.85. The predicted molar refractivity (Wildman–Crippen MR) is 142 cm³/mol. The van der Waals surface area contributed by atoms with Gasteiger partial charge in [0.05, 0.1) is 0 Å². The Morgan fingerprint density at radius 3 is 2.33 bits per heavy atom. The summed E-state index contributed by atoms with van der Waals surface area (Å²) in [4.78, 5) is 28.3. The lowest BCUT2D eigenvalue weighted by molar-refractivity contribution is -0.131. The topological polar surface area (TPSA) is 70.1 Å². The molecule has 0 spiro atoms.